The molecular formula is C16H18N2O4. The van der Waals surface area contributed by atoms with Crippen molar-refractivity contribution in [3.8, 4) is 5.75 Å². The molecule has 0 unspecified atom stereocenters. The number of aryl methyl sites for hydroxylation is 1. The second kappa shape index (κ2) is 5.44. The average Bonchev–Trinajstić information content (AvgIpc) is 3.26. The van der Waals surface area contributed by atoms with Gasteiger partial charge < -0.3 is 9.64 Å². The van der Waals surface area contributed by atoms with Crippen molar-refractivity contribution >= 4 is 17.7 Å². The van der Waals surface area contributed by atoms with Crippen molar-refractivity contribution < 1.29 is 19.1 Å². The molecule has 116 valence electrons. The van der Waals surface area contributed by atoms with Gasteiger partial charge in [0.15, 0.2) is 0 Å². The third-order valence-electron chi connectivity index (χ3n) is 4.11. The van der Waals surface area contributed by atoms with Gasteiger partial charge in [0.05, 0.1) is 13.5 Å². The summed E-state index contributed by atoms with van der Waals surface area (Å²) >= 11 is 0. The first-order valence-corrected chi connectivity index (χ1v) is 7.32. The molecule has 1 heterocycles. The molecule has 0 radical (unpaired) electrons. The fourth-order valence-electron chi connectivity index (χ4n) is 2.78. The van der Waals surface area contributed by atoms with E-state index in [4.69, 9.17) is 4.74 Å². The highest BCUT2D eigenvalue weighted by molar-refractivity contribution is 6.08. The summed E-state index contributed by atoms with van der Waals surface area (Å²) in [4.78, 5) is 37.7. The second-order valence-corrected chi connectivity index (χ2v) is 5.76. The molecule has 6 heteroatoms. The number of hydrogen-bond donors (Lipinski definition) is 1. The van der Waals surface area contributed by atoms with Gasteiger partial charge >= 0.3 is 0 Å². The zero-order chi connectivity index (χ0) is 15.9. The summed E-state index contributed by atoms with van der Waals surface area (Å²) in [6, 6.07) is 4.57. The fourth-order valence-corrected chi connectivity index (χ4v) is 2.78. The Kier molecular flexibility index (Phi) is 3.60. The minimum absolute atomic E-state index is 0.0430. The third-order valence-corrected chi connectivity index (χ3v) is 4.11. The van der Waals surface area contributed by atoms with Crippen LogP contribution in [0.2, 0.25) is 0 Å². The van der Waals surface area contributed by atoms with E-state index in [0.29, 0.717) is 11.3 Å². The number of hydrogen-bond acceptors (Lipinski definition) is 4. The number of nitrogens with one attached hydrogen (secondary N) is 1. The highest BCUT2D eigenvalue weighted by Crippen LogP contribution is 2.33. The number of amides is 3. The van der Waals surface area contributed by atoms with Gasteiger partial charge in [0, 0.05) is 11.6 Å². The maximum atomic E-state index is 12.8. The van der Waals surface area contributed by atoms with E-state index in [-0.39, 0.29) is 30.2 Å². The summed E-state index contributed by atoms with van der Waals surface area (Å²) in [7, 11) is 1.55. The minimum atomic E-state index is -0.695. The Hall–Kier alpha value is -2.37. The molecule has 1 aromatic rings. The fraction of sp³-hybridized carbons (Fsp3) is 0.438. The standard InChI is InChI=1S/C16H18N2O4/c1-9-3-4-10(7-13(9)22-2)16(21)18(11-5-6-11)12-8-14(19)17-15(12)20/h3-4,7,11-12H,5-6,8H2,1-2H3,(H,17,19,20)/t12-/m0/s1. The number of benzene rings is 1. The first kappa shape index (κ1) is 14.6. The van der Waals surface area contributed by atoms with E-state index in [1.807, 2.05) is 13.0 Å². The van der Waals surface area contributed by atoms with Crippen molar-refractivity contribution in [1.29, 1.82) is 0 Å². The molecule has 0 bridgehead atoms. The van der Waals surface area contributed by atoms with Crippen LogP contribution in [0, 0.1) is 6.92 Å². The molecule has 0 aromatic heterocycles. The molecule has 1 saturated carbocycles. The van der Waals surface area contributed by atoms with Gasteiger partial charge in [0.2, 0.25) is 11.8 Å². The van der Waals surface area contributed by atoms with E-state index < -0.39 is 6.04 Å². The molecular weight excluding hydrogens is 284 g/mol. The molecule has 1 N–H and O–H groups in total. The molecule has 3 rings (SSSR count). The third kappa shape index (κ3) is 2.56. The van der Waals surface area contributed by atoms with Crippen LogP contribution in [-0.4, -0.2) is 41.8 Å². The summed E-state index contributed by atoms with van der Waals surface area (Å²) < 4.78 is 5.25. The van der Waals surface area contributed by atoms with Crippen molar-refractivity contribution in [2.75, 3.05) is 7.11 Å². The van der Waals surface area contributed by atoms with E-state index in [0.717, 1.165) is 18.4 Å². The van der Waals surface area contributed by atoms with Crippen LogP contribution in [0.25, 0.3) is 0 Å². The van der Waals surface area contributed by atoms with Gasteiger partial charge in [-0.3, -0.25) is 19.7 Å². The predicted molar refractivity (Wildman–Crippen MR) is 78.5 cm³/mol. The van der Waals surface area contributed by atoms with Gasteiger partial charge in [0.25, 0.3) is 5.91 Å². The van der Waals surface area contributed by atoms with Gasteiger partial charge in [-0.15, -0.1) is 0 Å². The summed E-state index contributed by atoms with van der Waals surface area (Å²) in [6.07, 6.45) is 1.78. The van der Waals surface area contributed by atoms with E-state index in [2.05, 4.69) is 5.32 Å². The topological polar surface area (TPSA) is 75.7 Å². The SMILES string of the molecule is COc1cc(C(=O)N(C2CC2)[C@H]2CC(=O)NC2=O)ccc1C. The number of ether oxygens (including phenoxy) is 1. The highest BCUT2D eigenvalue weighted by atomic mass is 16.5. The lowest BCUT2D eigenvalue weighted by Gasteiger charge is -2.27. The lowest BCUT2D eigenvalue weighted by Crippen LogP contribution is -2.45. The van der Waals surface area contributed by atoms with Crippen LogP contribution in [0.3, 0.4) is 0 Å². The smallest absolute Gasteiger partial charge is 0.254 e. The van der Waals surface area contributed by atoms with Crippen molar-refractivity contribution in [2.24, 2.45) is 0 Å². The van der Waals surface area contributed by atoms with Crippen LogP contribution in [0.5, 0.6) is 5.75 Å². The van der Waals surface area contributed by atoms with Gasteiger partial charge in [-0.05, 0) is 37.5 Å². The first-order valence-electron chi connectivity index (χ1n) is 7.32. The van der Waals surface area contributed by atoms with E-state index >= 15 is 0 Å². The number of nitrogens with zero attached hydrogens (tertiary/aromatic N) is 1. The number of rotatable bonds is 4. The van der Waals surface area contributed by atoms with Crippen LogP contribution < -0.4 is 10.1 Å². The van der Waals surface area contributed by atoms with Crippen LogP contribution in [0.1, 0.15) is 35.2 Å². The van der Waals surface area contributed by atoms with Gasteiger partial charge in [0.1, 0.15) is 11.8 Å². The average molecular weight is 302 g/mol. The van der Waals surface area contributed by atoms with Gasteiger partial charge in [-0.2, -0.15) is 0 Å². The van der Waals surface area contributed by atoms with E-state index in [1.165, 1.54) is 0 Å². The Balaban J connectivity index is 1.90. The summed E-state index contributed by atoms with van der Waals surface area (Å²) in [5.41, 5.74) is 1.41. The highest BCUT2D eigenvalue weighted by Gasteiger charge is 2.44. The second-order valence-electron chi connectivity index (χ2n) is 5.76. The molecule has 0 spiro atoms. The predicted octanol–water partition coefficient (Wildman–Crippen LogP) is 1.02. The molecule has 1 saturated heterocycles. The Morgan fingerprint density at radius 3 is 2.59 bits per heavy atom. The Labute approximate surface area is 128 Å². The summed E-state index contributed by atoms with van der Waals surface area (Å²) in [5.74, 6) is -0.302. The molecule has 6 nitrogen and oxygen atoms in total. The van der Waals surface area contributed by atoms with Crippen molar-refractivity contribution in [3.63, 3.8) is 0 Å². The molecule has 2 aliphatic rings. The minimum Gasteiger partial charge on any atom is -0.496 e. The number of methoxy groups -OCH3 is 1. The lowest BCUT2D eigenvalue weighted by molar-refractivity contribution is -0.126. The molecule has 1 atom stereocenters. The van der Waals surface area contributed by atoms with Crippen molar-refractivity contribution in [2.45, 2.75) is 38.3 Å². The number of carbonyl (C=O) groups is 3. The molecule has 1 aliphatic carbocycles. The zero-order valence-electron chi connectivity index (χ0n) is 12.6. The molecule has 1 aliphatic heterocycles. The number of carbonyl (C=O) groups excluding carboxylic acids is 3. The van der Waals surface area contributed by atoms with Crippen LogP contribution in [0.4, 0.5) is 0 Å². The Bertz CT molecular complexity index is 652. The van der Waals surface area contributed by atoms with Crippen LogP contribution in [-0.2, 0) is 9.59 Å². The molecule has 1 aromatic carbocycles. The first-order chi connectivity index (χ1) is 10.5. The van der Waals surface area contributed by atoms with E-state index in [9.17, 15) is 14.4 Å². The van der Waals surface area contributed by atoms with Gasteiger partial charge in [-0.1, -0.05) is 6.07 Å². The van der Waals surface area contributed by atoms with Crippen molar-refractivity contribution in [1.82, 2.24) is 10.2 Å². The molecule has 22 heavy (non-hydrogen) atoms. The monoisotopic (exact) mass is 302 g/mol. The summed E-state index contributed by atoms with van der Waals surface area (Å²) in [5, 5.41) is 2.27. The molecule has 3 amide bonds. The maximum Gasteiger partial charge on any atom is 0.254 e. The Morgan fingerprint density at radius 2 is 2.05 bits per heavy atom. The van der Waals surface area contributed by atoms with E-state index in [1.54, 1.807) is 24.1 Å². The van der Waals surface area contributed by atoms with Gasteiger partial charge in [-0.25, -0.2) is 0 Å². The largest absolute Gasteiger partial charge is 0.496 e. The van der Waals surface area contributed by atoms with Crippen LogP contribution in [0.15, 0.2) is 18.2 Å². The van der Waals surface area contributed by atoms with Crippen molar-refractivity contribution in [3.05, 3.63) is 29.3 Å². The lowest BCUT2D eigenvalue weighted by atomic mass is 10.1. The normalized spacial score (nSPS) is 20.7. The zero-order valence-corrected chi connectivity index (χ0v) is 12.6. The quantitative estimate of drug-likeness (QED) is 0.843. The number of imide groups is 1. The maximum absolute atomic E-state index is 12.8. The van der Waals surface area contributed by atoms with Crippen LogP contribution >= 0.6 is 0 Å². The Morgan fingerprint density at radius 1 is 1.32 bits per heavy atom. The molecule has 2 fully saturated rings. The summed E-state index contributed by atoms with van der Waals surface area (Å²) in [6.45, 7) is 1.90.